The van der Waals surface area contributed by atoms with Crippen molar-refractivity contribution in [3.63, 3.8) is 0 Å². The monoisotopic (exact) mass is 795 g/mol. The summed E-state index contributed by atoms with van der Waals surface area (Å²) >= 11 is 5.65. The molecule has 1 fully saturated rings. The van der Waals surface area contributed by atoms with E-state index in [1.165, 1.54) is 19.1 Å². The summed E-state index contributed by atoms with van der Waals surface area (Å²) in [6.45, 7) is 6.76. The molecule has 3 aromatic heterocycles. The van der Waals surface area contributed by atoms with Crippen LogP contribution < -0.4 is 22.1 Å². The minimum atomic E-state index is -0.805. The van der Waals surface area contributed by atoms with Gasteiger partial charge in [-0.05, 0) is 32.6 Å². The number of aliphatic hydroxyl groups is 3. The summed E-state index contributed by atoms with van der Waals surface area (Å²) in [6.07, 6.45) is 11.3. The number of nitrogens with two attached hydrogens (primary N) is 2. The van der Waals surface area contributed by atoms with E-state index in [1.54, 1.807) is 16.8 Å². The van der Waals surface area contributed by atoms with Crippen molar-refractivity contribution in [2.75, 3.05) is 63.5 Å². The zero-order valence-electron chi connectivity index (χ0n) is 32.3. The SMILES string of the molecule is CCCCCO.Cc1cc(N)ncn1.Nc1ncnc2c1c(CNC(=O)CCCC(=O)NCCOCCOCCCCCCCl)cn2C1CC(O)C(CO)O1. The largest absolute Gasteiger partial charge is 0.396 e. The number of hydrogen-bond acceptors (Lipinski definition) is 14. The number of carbonyl (C=O) groups is 2. The Bertz CT molecular complexity index is 1480. The molecular formula is C37H62ClN9O8. The van der Waals surface area contributed by atoms with Gasteiger partial charge in [0.05, 0.1) is 37.9 Å². The van der Waals surface area contributed by atoms with Crippen LogP contribution in [0.4, 0.5) is 11.6 Å². The number of alkyl halides is 1. The fourth-order valence-electron chi connectivity index (χ4n) is 5.44. The fourth-order valence-corrected chi connectivity index (χ4v) is 5.63. The number of rotatable bonds is 23. The van der Waals surface area contributed by atoms with Crippen LogP contribution in [0.2, 0.25) is 0 Å². The van der Waals surface area contributed by atoms with E-state index >= 15 is 0 Å². The van der Waals surface area contributed by atoms with E-state index in [4.69, 9.17) is 42.4 Å². The van der Waals surface area contributed by atoms with E-state index in [0.717, 1.165) is 44.2 Å². The summed E-state index contributed by atoms with van der Waals surface area (Å²) in [4.78, 5) is 40.4. The number of nitrogen functional groups attached to an aromatic ring is 2. The van der Waals surface area contributed by atoms with Crippen molar-refractivity contribution >= 4 is 46.1 Å². The number of carbonyl (C=O) groups excluding carboxylic acids is 2. The number of nitrogens with one attached hydrogen (secondary N) is 2. The maximum Gasteiger partial charge on any atom is 0.220 e. The number of hydrogen-bond donors (Lipinski definition) is 7. The Morgan fingerprint density at radius 1 is 0.927 bits per heavy atom. The number of aromatic nitrogens is 5. The molecule has 4 heterocycles. The molecule has 0 radical (unpaired) electrons. The summed E-state index contributed by atoms with van der Waals surface area (Å²) in [7, 11) is 0. The number of aryl methyl sites for hydroxylation is 1. The van der Waals surface area contributed by atoms with Gasteiger partial charge in [-0.1, -0.05) is 32.6 Å². The van der Waals surface area contributed by atoms with E-state index in [1.807, 2.05) is 6.92 Å². The van der Waals surface area contributed by atoms with Gasteiger partial charge in [0, 0.05) is 75.0 Å². The summed E-state index contributed by atoms with van der Waals surface area (Å²) < 4.78 is 18.5. The minimum absolute atomic E-state index is 0.137. The van der Waals surface area contributed by atoms with Gasteiger partial charge in [-0.3, -0.25) is 9.59 Å². The predicted octanol–water partition coefficient (Wildman–Crippen LogP) is 2.93. The molecule has 3 unspecified atom stereocenters. The predicted molar refractivity (Wildman–Crippen MR) is 211 cm³/mol. The van der Waals surface area contributed by atoms with Crippen LogP contribution in [0.3, 0.4) is 0 Å². The number of fused-ring (bicyclic) bond motifs is 1. The molecule has 1 aliphatic heterocycles. The highest BCUT2D eigenvalue weighted by Gasteiger charge is 2.35. The van der Waals surface area contributed by atoms with Crippen LogP contribution in [0.15, 0.2) is 24.9 Å². The van der Waals surface area contributed by atoms with Crippen molar-refractivity contribution in [1.82, 2.24) is 35.1 Å². The van der Waals surface area contributed by atoms with E-state index < -0.39 is 18.4 Å². The third kappa shape index (κ3) is 19.1. The van der Waals surface area contributed by atoms with Gasteiger partial charge < -0.3 is 56.2 Å². The molecule has 0 bridgehead atoms. The Kier molecular flexibility index (Phi) is 24.7. The van der Waals surface area contributed by atoms with Gasteiger partial charge in [-0.25, -0.2) is 19.9 Å². The van der Waals surface area contributed by atoms with Gasteiger partial charge in [0.25, 0.3) is 0 Å². The van der Waals surface area contributed by atoms with Crippen LogP contribution in [-0.4, -0.2) is 116 Å². The first kappa shape index (κ1) is 47.4. The number of halogens is 1. The molecule has 17 nitrogen and oxygen atoms in total. The lowest BCUT2D eigenvalue weighted by molar-refractivity contribution is -0.122. The normalized spacial score (nSPS) is 16.2. The average molecular weight is 796 g/mol. The third-order valence-electron chi connectivity index (χ3n) is 8.39. The Balaban J connectivity index is 0.000000624. The molecule has 0 aliphatic carbocycles. The minimum Gasteiger partial charge on any atom is -0.396 e. The average Bonchev–Trinajstić information content (AvgIpc) is 3.74. The van der Waals surface area contributed by atoms with Crippen molar-refractivity contribution in [1.29, 1.82) is 0 Å². The fraction of sp³-hybridized carbons (Fsp3) is 0.676. The molecule has 2 amide bonds. The molecule has 0 saturated carbocycles. The van der Waals surface area contributed by atoms with E-state index in [2.05, 4.69) is 37.5 Å². The smallest absolute Gasteiger partial charge is 0.220 e. The van der Waals surface area contributed by atoms with Crippen molar-refractivity contribution in [3.8, 4) is 0 Å². The number of unbranched alkanes of at least 4 members (excludes halogenated alkanes) is 5. The highest BCUT2D eigenvalue weighted by molar-refractivity contribution is 6.17. The van der Waals surface area contributed by atoms with Crippen LogP contribution in [0.5, 0.6) is 0 Å². The summed E-state index contributed by atoms with van der Waals surface area (Å²) in [5.41, 5.74) is 13.5. The van der Waals surface area contributed by atoms with E-state index in [-0.39, 0.29) is 50.0 Å². The number of amides is 2. The molecule has 55 heavy (non-hydrogen) atoms. The first-order valence-electron chi connectivity index (χ1n) is 19.1. The van der Waals surface area contributed by atoms with Crippen molar-refractivity contribution in [3.05, 3.63) is 36.2 Å². The van der Waals surface area contributed by atoms with Gasteiger partial charge in [-0.2, -0.15) is 0 Å². The van der Waals surface area contributed by atoms with E-state index in [9.17, 15) is 19.8 Å². The quantitative estimate of drug-likeness (QED) is 0.0538. The molecule has 3 aromatic rings. The molecule has 3 atom stereocenters. The topological polar surface area (TPSA) is 255 Å². The molecule has 1 saturated heterocycles. The lowest BCUT2D eigenvalue weighted by Crippen LogP contribution is -2.28. The summed E-state index contributed by atoms with van der Waals surface area (Å²) in [6, 6.07) is 1.72. The summed E-state index contributed by atoms with van der Waals surface area (Å²) in [5.74, 6) is 1.15. The number of anilines is 2. The maximum absolute atomic E-state index is 12.4. The van der Waals surface area contributed by atoms with Crippen LogP contribution >= 0.6 is 11.6 Å². The standard InChI is InChI=1S/C27H43ClN6O7.C5H7N3.C5H12O/c28-8-3-1-2-4-10-39-12-13-40-11-9-30-22(37)6-5-7-23(38)31-15-19-16-34(24-14-20(36)21(17-35)41-24)27-25(19)26(29)32-18-33-27;1-4-2-5(6)8-3-7-4;1-2-3-4-5-6/h16,18,20-21,24,35-36H,1-15,17H2,(H,30,37)(H,31,38)(H2,29,32,33);2-3H,1H3,(H2,6,7,8);6H,2-5H2,1H3. The van der Waals surface area contributed by atoms with Crippen molar-refractivity contribution in [2.45, 2.75) is 109 Å². The van der Waals surface area contributed by atoms with E-state index in [0.29, 0.717) is 74.3 Å². The molecule has 4 rings (SSSR count). The Morgan fingerprint density at radius 3 is 2.25 bits per heavy atom. The van der Waals surface area contributed by atoms with Gasteiger partial charge in [-0.15, -0.1) is 11.6 Å². The highest BCUT2D eigenvalue weighted by Crippen LogP contribution is 2.34. The number of ether oxygens (including phenoxy) is 3. The highest BCUT2D eigenvalue weighted by atomic mass is 35.5. The maximum atomic E-state index is 12.4. The second kappa shape index (κ2) is 28.7. The zero-order valence-corrected chi connectivity index (χ0v) is 33.1. The zero-order chi connectivity index (χ0) is 40.3. The van der Waals surface area contributed by atoms with Gasteiger partial charge in [0.1, 0.15) is 42.3 Å². The number of nitrogens with zero attached hydrogens (tertiary/aromatic N) is 5. The molecule has 0 spiro atoms. The Hall–Kier alpha value is -3.71. The van der Waals surface area contributed by atoms with Crippen LogP contribution in [0.25, 0.3) is 11.0 Å². The molecular weight excluding hydrogens is 734 g/mol. The second-order valence-electron chi connectivity index (χ2n) is 13.0. The van der Waals surface area contributed by atoms with Crippen LogP contribution in [0.1, 0.15) is 95.0 Å². The first-order chi connectivity index (χ1) is 26.6. The second-order valence-corrected chi connectivity index (χ2v) is 13.3. The lowest BCUT2D eigenvalue weighted by Gasteiger charge is -2.14. The van der Waals surface area contributed by atoms with Gasteiger partial charge >= 0.3 is 0 Å². The number of aliphatic hydroxyl groups excluding tert-OH is 3. The Labute approximate surface area is 328 Å². The molecule has 310 valence electrons. The van der Waals surface area contributed by atoms with Crippen molar-refractivity contribution < 1.29 is 39.1 Å². The summed E-state index contributed by atoms with van der Waals surface area (Å²) in [5, 5.41) is 34.0. The lowest BCUT2D eigenvalue weighted by atomic mass is 10.2. The van der Waals surface area contributed by atoms with Gasteiger partial charge in [0.2, 0.25) is 11.8 Å². The molecule has 1 aliphatic rings. The van der Waals surface area contributed by atoms with Gasteiger partial charge in [0.15, 0.2) is 0 Å². The third-order valence-corrected chi connectivity index (χ3v) is 8.66. The van der Waals surface area contributed by atoms with Crippen LogP contribution in [0, 0.1) is 6.92 Å². The molecule has 0 aromatic carbocycles. The molecule has 18 heteroatoms. The Morgan fingerprint density at radius 2 is 1.64 bits per heavy atom. The van der Waals surface area contributed by atoms with Crippen molar-refractivity contribution in [2.24, 2.45) is 0 Å². The first-order valence-corrected chi connectivity index (χ1v) is 19.6. The molecule has 9 N–H and O–H groups in total. The van der Waals surface area contributed by atoms with Crippen LogP contribution in [-0.2, 0) is 30.3 Å².